The van der Waals surface area contributed by atoms with E-state index in [9.17, 15) is 9.59 Å². The van der Waals surface area contributed by atoms with Crippen LogP contribution in [0, 0.1) is 0 Å². The third-order valence-corrected chi connectivity index (χ3v) is 5.05. The zero-order valence-corrected chi connectivity index (χ0v) is 17.4. The fraction of sp³-hybridized carbons (Fsp3) is 0.304. The topological polar surface area (TPSA) is 97.6 Å². The Morgan fingerprint density at radius 2 is 1.87 bits per heavy atom. The van der Waals surface area contributed by atoms with Crippen LogP contribution in [0.3, 0.4) is 0 Å². The molecule has 1 fully saturated rings. The van der Waals surface area contributed by atoms with Crippen LogP contribution in [0.2, 0.25) is 0 Å². The summed E-state index contributed by atoms with van der Waals surface area (Å²) in [5.41, 5.74) is 2.44. The Kier molecular flexibility index (Phi) is 6.08. The molecule has 2 unspecified atom stereocenters. The molecule has 0 aliphatic carbocycles. The molecule has 1 aliphatic rings. The SMILES string of the molecule is CC1CN(C(=O)c2ccc(CNC(=O)c3cc(-c4cccnc4)on3)cc2)CC(C)O1. The molecule has 0 saturated carbocycles. The van der Waals surface area contributed by atoms with E-state index in [-0.39, 0.29) is 29.7 Å². The highest BCUT2D eigenvalue weighted by Crippen LogP contribution is 2.19. The summed E-state index contributed by atoms with van der Waals surface area (Å²) < 4.78 is 10.9. The van der Waals surface area contributed by atoms with E-state index in [1.54, 1.807) is 36.7 Å². The van der Waals surface area contributed by atoms with Gasteiger partial charge in [0.05, 0.1) is 12.2 Å². The normalized spacial score (nSPS) is 18.6. The highest BCUT2D eigenvalue weighted by molar-refractivity contribution is 5.94. The number of pyridine rings is 1. The number of nitrogens with zero attached hydrogens (tertiary/aromatic N) is 3. The van der Waals surface area contributed by atoms with Gasteiger partial charge < -0.3 is 19.5 Å². The summed E-state index contributed by atoms with van der Waals surface area (Å²) in [5, 5.41) is 6.65. The van der Waals surface area contributed by atoms with Gasteiger partial charge in [-0.3, -0.25) is 14.6 Å². The molecule has 2 atom stereocenters. The van der Waals surface area contributed by atoms with Crippen LogP contribution < -0.4 is 5.32 Å². The first-order chi connectivity index (χ1) is 15.0. The molecule has 0 bridgehead atoms. The molecule has 2 aromatic heterocycles. The second-order valence-corrected chi connectivity index (χ2v) is 7.67. The molecule has 31 heavy (non-hydrogen) atoms. The number of aromatic nitrogens is 2. The van der Waals surface area contributed by atoms with Crippen LogP contribution in [0.5, 0.6) is 0 Å². The van der Waals surface area contributed by atoms with Crippen LogP contribution in [-0.2, 0) is 11.3 Å². The van der Waals surface area contributed by atoms with Crippen molar-refractivity contribution >= 4 is 11.8 Å². The van der Waals surface area contributed by atoms with Gasteiger partial charge in [-0.05, 0) is 43.7 Å². The first-order valence-electron chi connectivity index (χ1n) is 10.2. The largest absolute Gasteiger partial charge is 0.372 e. The van der Waals surface area contributed by atoms with Gasteiger partial charge in [-0.25, -0.2) is 0 Å². The van der Waals surface area contributed by atoms with Gasteiger partial charge in [-0.15, -0.1) is 0 Å². The minimum Gasteiger partial charge on any atom is -0.372 e. The Morgan fingerprint density at radius 1 is 1.13 bits per heavy atom. The number of amides is 2. The van der Waals surface area contributed by atoms with Crippen LogP contribution in [0.25, 0.3) is 11.3 Å². The van der Waals surface area contributed by atoms with Crippen molar-refractivity contribution in [2.75, 3.05) is 13.1 Å². The molecule has 8 heteroatoms. The Bertz CT molecular complexity index is 1040. The van der Waals surface area contributed by atoms with Crippen LogP contribution in [0.1, 0.15) is 40.3 Å². The molecule has 8 nitrogen and oxygen atoms in total. The van der Waals surface area contributed by atoms with Crippen LogP contribution in [0.15, 0.2) is 59.4 Å². The van der Waals surface area contributed by atoms with Crippen molar-refractivity contribution in [1.29, 1.82) is 0 Å². The van der Waals surface area contributed by atoms with Gasteiger partial charge in [-0.2, -0.15) is 0 Å². The summed E-state index contributed by atoms with van der Waals surface area (Å²) >= 11 is 0. The maximum atomic E-state index is 12.8. The summed E-state index contributed by atoms with van der Waals surface area (Å²) in [6, 6.07) is 12.4. The van der Waals surface area contributed by atoms with E-state index < -0.39 is 0 Å². The highest BCUT2D eigenvalue weighted by atomic mass is 16.5. The minimum atomic E-state index is -0.338. The summed E-state index contributed by atoms with van der Waals surface area (Å²) in [7, 11) is 0. The van der Waals surface area contributed by atoms with E-state index in [2.05, 4.69) is 15.5 Å². The first kappa shape index (κ1) is 20.7. The maximum Gasteiger partial charge on any atom is 0.273 e. The van der Waals surface area contributed by atoms with Gasteiger partial charge in [-0.1, -0.05) is 17.3 Å². The number of hydrogen-bond donors (Lipinski definition) is 1. The van der Waals surface area contributed by atoms with Crippen molar-refractivity contribution in [1.82, 2.24) is 20.4 Å². The van der Waals surface area contributed by atoms with Gasteiger partial charge in [0.1, 0.15) is 0 Å². The van der Waals surface area contributed by atoms with Gasteiger partial charge in [0, 0.05) is 49.2 Å². The zero-order valence-electron chi connectivity index (χ0n) is 17.4. The number of benzene rings is 1. The van der Waals surface area contributed by atoms with E-state index >= 15 is 0 Å². The monoisotopic (exact) mass is 420 g/mol. The van der Waals surface area contributed by atoms with E-state index in [0.717, 1.165) is 11.1 Å². The van der Waals surface area contributed by atoms with Crippen LogP contribution in [-0.4, -0.2) is 52.2 Å². The van der Waals surface area contributed by atoms with E-state index in [1.165, 1.54) is 0 Å². The summed E-state index contributed by atoms with van der Waals surface area (Å²) in [5.74, 6) is 0.131. The summed E-state index contributed by atoms with van der Waals surface area (Å²) in [6.45, 7) is 5.42. The average molecular weight is 420 g/mol. The molecule has 2 amide bonds. The highest BCUT2D eigenvalue weighted by Gasteiger charge is 2.26. The number of hydrogen-bond acceptors (Lipinski definition) is 6. The molecular formula is C23H24N4O4. The lowest BCUT2D eigenvalue weighted by molar-refractivity contribution is -0.0586. The average Bonchev–Trinajstić information content (AvgIpc) is 3.28. The predicted molar refractivity (Wildman–Crippen MR) is 113 cm³/mol. The van der Waals surface area contributed by atoms with Gasteiger partial charge in [0.25, 0.3) is 11.8 Å². The van der Waals surface area contributed by atoms with Gasteiger partial charge >= 0.3 is 0 Å². The lowest BCUT2D eigenvalue weighted by Gasteiger charge is -2.35. The Morgan fingerprint density at radius 3 is 2.55 bits per heavy atom. The molecule has 0 spiro atoms. The second kappa shape index (κ2) is 9.09. The summed E-state index contributed by atoms with van der Waals surface area (Å²) in [6.07, 6.45) is 3.35. The lowest BCUT2D eigenvalue weighted by atomic mass is 10.1. The third kappa shape index (κ3) is 4.97. The third-order valence-electron chi connectivity index (χ3n) is 5.05. The number of ether oxygens (including phenoxy) is 1. The maximum absolute atomic E-state index is 12.8. The first-order valence-corrected chi connectivity index (χ1v) is 10.2. The van der Waals surface area contributed by atoms with Crippen molar-refractivity contribution in [2.45, 2.75) is 32.6 Å². The number of carbonyl (C=O) groups is 2. The van der Waals surface area contributed by atoms with Crippen molar-refractivity contribution < 1.29 is 18.8 Å². The van der Waals surface area contributed by atoms with E-state index in [4.69, 9.17) is 9.26 Å². The lowest BCUT2D eigenvalue weighted by Crippen LogP contribution is -2.48. The Labute approximate surface area is 180 Å². The van der Waals surface area contributed by atoms with Gasteiger partial charge in [0.15, 0.2) is 11.5 Å². The fourth-order valence-corrected chi connectivity index (χ4v) is 3.59. The Hall–Kier alpha value is -3.52. The molecule has 4 rings (SSSR count). The second-order valence-electron chi connectivity index (χ2n) is 7.67. The number of carbonyl (C=O) groups excluding carboxylic acids is 2. The molecular weight excluding hydrogens is 396 g/mol. The van der Waals surface area contributed by atoms with Crippen molar-refractivity contribution in [2.24, 2.45) is 0 Å². The predicted octanol–water partition coefficient (Wildman–Crippen LogP) is 2.92. The summed E-state index contributed by atoms with van der Waals surface area (Å²) in [4.78, 5) is 31.0. The van der Waals surface area contributed by atoms with Crippen molar-refractivity contribution in [3.63, 3.8) is 0 Å². The molecule has 1 N–H and O–H groups in total. The fourth-order valence-electron chi connectivity index (χ4n) is 3.59. The van der Waals surface area contributed by atoms with E-state index in [0.29, 0.717) is 31.0 Å². The number of nitrogens with one attached hydrogen (secondary N) is 1. The number of morpholine rings is 1. The minimum absolute atomic E-state index is 0.0110. The van der Waals surface area contributed by atoms with Crippen molar-refractivity contribution in [3.8, 4) is 11.3 Å². The van der Waals surface area contributed by atoms with Crippen LogP contribution >= 0.6 is 0 Å². The van der Waals surface area contributed by atoms with Crippen LogP contribution in [0.4, 0.5) is 0 Å². The quantitative estimate of drug-likeness (QED) is 0.682. The van der Waals surface area contributed by atoms with E-state index in [1.807, 2.05) is 36.9 Å². The molecule has 160 valence electrons. The molecule has 1 aliphatic heterocycles. The molecule has 1 aromatic carbocycles. The molecule has 0 radical (unpaired) electrons. The van der Waals surface area contributed by atoms with Gasteiger partial charge in [0.2, 0.25) is 0 Å². The standard InChI is InChI=1S/C23H24N4O4/c1-15-13-27(14-16(2)30-15)23(29)18-7-5-17(6-8-18)11-25-22(28)20-10-21(31-26-20)19-4-3-9-24-12-19/h3-10,12,15-16H,11,13-14H2,1-2H3,(H,25,28). The van der Waals surface area contributed by atoms with Crippen molar-refractivity contribution in [3.05, 3.63) is 71.7 Å². The molecule has 3 aromatic rings. The number of rotatable bonds is 5. The zero-order chi connectivity index (χ0) is 21.8. The Balaban J connectivity index is 1.34. The molecule has 1 saturated heterocycles. The molecule has 3 heterocycles. The smallest absolute Gasteiger partial charge is 0.273 e.